The third-order valence-corrected chi connectivity index (χ3v) is 6.34. The van der Waals surface area contributed by atoms with E-state index in [0.717, 1.165) is 45.0 Å². The molecule has 0 saturated carbocycles. The van der Waals surface area contributed by atoms with E-state index in [2.05, 4.69) is 40.9 Å². The molecule has 5 rings (SSSR count). The summed E-state index contributed by atoms with van der Waals surface area (Å²) in [6, 6.07) is 13.8. The van der Waals surface area contributed by atoms with E-state index in [1.54, 1.807) is 47.1 Å². The quantitative estimate of drug-likeness (QED) is 0.282. The number of benzene rings is 2. The predicted octanol–water partition coefficient (Wildman–Crippen LogP) is 3.58. The van der Waals surface area contributed by atoms with E-state index in [0.29, 0.717) is 40.1 Å². The molecule has 2 aromatic heterocycles. The molecular weight excluding hydrogens is 501 g/mol. The van der Waals surface area contributed by atoms with Gasteiger partial charge in [0.1, 0.15) is 25.1 Å². The fraction of sp³-hybridized carbons (Fsp3) is 0.296. The number of amides is 1. The van der Waals surface area contributed by atoms with Gasteiger partial charge in [0.25, 0.3) is 5.91 Å². The summed E-state index contributed by atoms with van der Waals surface area (Å²) in [6.45, 7) is 6.35. The first-order valence-corrected chi connectivity index (χ1v) is 12.7. The van der Waals surface area contributed by atoms with Crippen molar-refractivity contribution in [2.75, 3.05) is 55.3 Å². The van der Waals surface area contributed by atoms with Gasteiger partial charge >= 0.3 is 0 Å². The van der Waals surface area contributed by atoms with E-state index in [1.807, 2.05) is 13.0 Å². The zero-order valence-corrected chi connectivity index (χ0v) is 21.6. The van der Waals surface area contributed by atoms with Gasteiger partial charge < -0.3 is 20.7 Å². The second kappa shape index (κ2) is 12.4. The summed E-state index contributed by atoms with van der Waals surface area (Å²) >= 11 is 0. The van der Waals surface area contributed by atoms with Crippen molar-refractivity contribution in [1.82, 2.24) is 29.6 Å². The Morgan fingerprint density at radius 3 is 2.77 bits per heavy atom. The Kier molecular flexibility index (Phi) is 8.34. The number of halogens is 1. The molecule has 202 valence electrons. The summed E-state index contributed by atoms with van der Waals surface area (Å²) in [5.74, 6) is 1.35. The third kappa shape index (κ3) is 6.72. The standard InChI is InChI=1S/C27H30FN9O2/c1-19-5-6-21(26(38)34-22-4-2-3-20(13-22)16-28)14-23(19)35-27-32-18-33-37(27)25-15-24(30-17-31-25)29-7-8-36-9-11-39-12-10-36/h2-6,13-15,17-18H,7-12,16H2,1H3,(H,34,38)(H,29,30,31)(H,32,33,35). The topological polar surface area (TPSA) is 122 Å². The van der Waals surface area contributed by atoms with Crippen molar-refractivity contribution in [2.45, 2.75) is 13.6 Å². The van der Waals surface area contributed by atoms with Crippen molar-refractivity contribution in [3.05, 3.63) is 77.9 Å². The van der Waals surface area contributed by atoms with Crippen LogP contribution in [0.5, 0.6) is 0 Å². The number of hydrogen-bond acceptors (Lipinski definition) is 9. The van der Waals surface area contributed by atoms with Crippen LogP contribution in [0.15, 0.2) is 61.2 Å². The zero-order valence-electron chi connectivity index (χ0n) is 21.6. The second-order valence-electron chi connectivity index (χ2n) is 9.08. The van der Waals surface area contributed by atoms with Crippen LogP contribution in [0.2, 0.25) is 0 Å². The first-order chi connectivity index (χ1) is 19.1. The van der Waals surface area contributed by atoms with E-state index in [4.69, 9.17) is 4.74 Å². The number of aromatic nitrogens is 5. The molecular formula is C27H30FN9O2. The van der Waals surface area contributed by atoms with Crippen LogP contribution in [-0.2, 0) is 11.4 Å². The zero-order chi connectivity index (χ0) is 27.0. The summed E-state index contributed by atoms with van der Waals surface area (Å²) < 4.78 is 20.0. The summed E-state index contributed by atoms with van der Waals surface area (Å²) in [4.78, 5) is 28.3. The highest BCUT2D eigenvalue weighted by Crippen LogP contribution is 2.23. The fourth-order valence-electron chi connectivity index (χ4n) is 4.17. The number of nitrogens with zero attached hydrogens (tertiary/aromatic N) is 6. The molecule has 0 spiro atoms. The molecule has 0 bridgehead atoms. The summed E-state index contributed by atoms with van der Waals surface area (Å²) in [5, 5.41) is 13.8. The van der Waals surface area contributed by atoms with E-state index in [-0.39, 0.29) is 5.91 Å². The number of carbonyl (C=O) groups excluding carboxylic acids is 1. The molecule has 1 amide bonds. The van der Waals surface area contributed by atoms with E-state index in [1.165, 1.54) is 12.7 Å². The van der Waals surface area contributed by atoms with Crippen molar-refractivity contribution in [3.63, 3.8) is 0 Å². The van der Waals surface area contributed by atoms with Crippen molar-refractivity contribution in [1.29, 1.82) is 0 Å². The monoisotopic (exact) mass is 531 g/mol. The smallest absolute Gasteiger partial charge is 0.255 e. The van der Waals surface area contributed by atoms with Crippen LogP contribution in [-0.4, -0.2) is 74.9 Å². The van der Waals surface area contributed by atoms with Crippen LogP contribution in [0.4, 0.5) is 27.5 Å². The summed E-state index contributed by atoms with van der Waals surface area (Å²) in [7, 11) is 0. The van der Waals surface area contributed by atoms with Gasteiger partial charge in [-0.15, -0.1) is 0 Å². The van der Waals surface area contributed by atoms with Gasteiger partial charge in [-0.2, -0.15) is 14.8 Å². The third-order valence-electron chi connectivity index (χ3n) is 6.34. The highest BCUT2D eigenvalue weighted by atomic mass is 19.1. The summed E-state index contributed by atoms with van der Waals surface area (Å²) in [5.41, 5.74) is 3.07. The molecule has 1 aliphatic rings. The number of ether oxygens (including phenoxy) is 1. The van der Waals surface area contributed by atoms with Gasteiger partial charge in [0.15, 0.2) is 5.82 Å². The molecule has 0 atom stereocenters. The highest BCUT2D eigenvalue weighted by molar-refractivity contribution is 6.05. The molecule has 1 saturated heterocycles. The molecule has 1 aliphatic heterocycles. The van der Waals surface area contributed by atoms with Gasteiger partial charge in [-0.1, -0.05) is 18.2 Å². The van der Waals surface area contributed by atoms with Crippen LogP contribution in [0.3, 0.4) is 0 Å². The van der Waals surface area contributed by atoms with Crippen LogP contribution >= 0.6 is 0 Å². The molecule has 1 fully saturated rings. The number of nitrogens with one attached hydrogen (secondary N) is 3. The van der Waals surface area contributed by atoms with Gasteiger partial charge in [0.2, 0.25) is 5.95 Å². The first-order valence-electron chi connectivity index (χ1n) is 12.7. The number of hydrogen-bond donors (Lipinski definition) is 3. The lowest BCUT2D eigenvalue weighted by atomic mass is 10.1. The predicted molar refractivity (Wildman–Crippen MR) is 146 cm³/mol. The number of rotatable bonds is 10. The summed E-state index contributed by atoms with van der Waals surface area (Å²) in [6.07, 6.45) is 2.91. The molecule has 3 N–H and O–H groups in total. The Hall–Kier alpha value is -4.42. The molecule has 0 radical (unpaired) electrons. The van der Waals surface area contributed by atoms with Crippen molar-refractivity contribution in [2.24, 2.45) is 0 Å². The Morgan fingerprint density at radius 1 is 1.05 bits per heavy atom. The maximum Gasteiger partial charge on any atom is 0.255 e. The van der Waals surface area contributed by atoms with E-state index >= 15 is 0 Å². The minimum atomic E-state index is -0.596. The molecule has 12 heteroatoms. The van der Waals surface area contributed by atoms with Crippen LogP contribution < -0.4 is 16.0 Å². The lowest BCUT2D eigenvalue weighted by molar-refractivity contribution is 0.0398. The van der Waals surface area contributed by atoms with Gasteiger partial charge in [0, 0.05) is 49.2 Å². The van der Waals surface area contributed by atoms with E-state index < -0.39 is 6.67 Å². The minimum Gasteiger partial charge on any atom is -0.379 e. The molecule has 39 heavy (non-hydrogen) atoms. The highest BCUT2D eigenvalue weighted by Gasteiger charge is 2.14. The van der Waals surface area contributed by atoms with Crippen LogP contribution in [0.1, 0.15) is 21.5 Å². The maximum atomic E-state index is 13.0. The number of anilines is 4. The number of carbonyl (C=O) groups is 1. The van der Waals surface area contributed by atoms with Crippen molar-refractivity contribution in [3.8, 4) is 5.82 Å². The lowest BCUT2D eigenvalue weighted by Crippen LogP contribution is -2.39. The largest absolute Gasteiger partial charge is 0.379 e. The van der Waals surface area contributed by atoms with Crippen molar-refractivity contribution < 1.29 is 13.9 Å². The fourth-order valence-corrected chi connectivity index (χ4v) is 4.17. The van der Waals surface area contributed by atoms with Gasteiger partial charge in [0.05, 0.1) is 13.2 Å². The molecule has 0 aliphatic carbocycles. The number of morpholine rings is 1. The van der Waals surface area contributed by atoms with Crippen LogP contribution in [0, 0.1) is 6.92 Å². The van der Waals surface area contributed by atoms with Crippen molar-refractivity contribution >= 4 is 29.0 Å². The number of aryl methyl sites for hydroxylation is 1. The average Bonchev–Trinajstić information content (AvgIpc) is 3.43. The molecule has 2 aromatic carbocycles. The van der Waals surface area contributed by atoms with Gasteiger partial charge in [-0.3, -0.25) is 9.69 Å². The second-order valence-corrected chi connectivity index (χ2v) is 9.08. The normalized spacial score (nSPS) is 13.7. The molecule has 3 heterocycles. The molecule has 4 aromatic rings. The molecule has 11 nitrogen and oxygen atoms in total. The number of alkyl halides is 1. The minimum absolute atomic E-state index is 0.306. The SMILES string of the molecule is Cc1ccc(C(=O)Nc2cccc(CF)c2)cc1Nc1ncnn1-c1cc(NCCN2CCOCC2)ncn1. The Labute approximate surface area is 225 Å². The average molecular weight is 532 g/mol. The maximum absolute atomic E-state index is 13.0. The Bertz CT molecular complexity index is 1420. The van der Waals surface area contributed by atoms with Gasteiger partial charge in [-0.25, -0.2) is 14.4 Å². The van der Waals surface area contributed by atoms with Gasteiger partial charge in [-0.05, 0) is 42.3 Å². The first kappa shape index (κ1) is 26.2. The van der Waals surface area contributed by atoms with Crippen LogP contribution in [0.25, 0.3) is 5.82 Å². The van der Waals surface area contributed by atoms with E-state index in [9.17, 15) is 9.18 Å². The molecule has 0 unspecified atom stereocenters. The Morgan fingerprint density at radius 2 is 1.92 bits per heavy atom. The lowest BCUT2D eigenvalue weighted by Gasteiger charge is -2.26. The Balaban J connectivity index is 1.27.